The third kappa shape index (κ3) is 2.80. The first-order valence-corrected chi connectivity index (χ1v) is 6.50. The molecule has 4 nitrogen and oxygen atoms in total. The molecule has 0 spiro atoms. The van der Waals surface area contributed by atoms with Crippen molar-refractivity contribution in [2.45, 2.75) is 13.5 Å². The van der Waals surface area contributed by atoms with Crippen molar-refractivity contribution >= 4 is 34.6 Å². The molecule has 0 unspecified atom stereocenters. The summed E-state index contributed by atoms with van der Waals surface area (Å²) in [7, 11) is 0. The first kappa shape index (κ1) is 12.9. The fourth-order valence-electron chi connectivity index (χ4n) is 1.56. The SMILES string of the molecule is Cc1nc(CNc2cccc(Cl)c2C(=O)O)cs1. The minimum absolute atomic E-state index is 0.0890. The van der Waals surface area contributed by atoms with Gasteiger partial charge < -0.3 is 10.4 Å². The summed E-state index contributed by atoms with van der Waals surface area (Å²) in [5.74, 6) is -1.04. The van der Waals surface area contributed by atoms with Gasteiger partial charge >= 0.3 is 5.97 Å². The molecule has 1 aromatic carbocycles. The maximum absolute atomic E-state index is 11.1. The highest BCUT2D eigenvalue weighted by molar-refractivity contribution is 7.09. The van der Waals surface area contributed by atoms with Gasteiger partial charge in [0.25, 0.3) is 0 Å². The van der Waals surface area contributed by atoms with Gasteiger partial charge in [0.05, 0.1) is 28.0 Å². The smallest absolute Gasteiger partial charge is 0.339 e. The first-order valence-electron chi connectivity index (χ1n) is 5.24. The Morgan fingerprint density at radius 2 is 2.33 bits per heavy atom. The van der Waals surface area contributed by atoms with Crippen LogP contribution in [0.2, 0.25) is 5.02 Å². The predicted molar refractivity (Wildman–Crippen MR) is 72.6 cm³/mol. The molecule has 1 aromatic heterocycles. The number of nitrogens with zero attached hydrogens (tertiary/aromatic N) is 1. The molecule has 0 atom stereocenters. The van der Waals surface area contributed by atoms with Crippen LogP contribution in [-0.2, 0) is 6.54 Å². The van der Waals surface area contributed by atoms with Gasteiger partial charge in [0, 0.05) is 5.38 Å². The van der Waals surface area contributed by atoms with E-state index in [1.54, 1.807) is 29.5 Å². The second-order valence-corrected chi connectivity index (χ2v) is 5.15. The Labute approximate surface area is 113 Å². The topological polar surface area (TPSA) is 62.2 Å². The highest BCUT2D eigenvalue weighted by atomic mass is 35.5. The minimum atomic E-state index is -1.04. The molecule has 94 valence electrons. The van der Waals surface area contributed by atoms with Crippen molar-refractivity contribution in [1.29, 1.82) is 0 Å². The normalized spacial score (nSPS) is 10.3. The summed E-state index contributed by atoms with van der Waals surface area (Å²) in [6.07, 6.45) is 0. The lowest BCUT2D eigenvalue weighted by Gasteiger charge is -2.09. The molecule has 0 aliphatic carbocycles. The number of benzene rings is 1. The van der Waals surface area contributed by atoms with Crippen LogP contribution in [0.25, 0.3) is 0 Å². The second-order valence-electron chi connectivity index (χ2n) is 3.68. The van der Waals surface area contributed by atoms with Crippen LogP contribution in [0.5, 0.6) is 0 Å². The zero-order chi connectivity index (χ0) is 13.1. The summed E-state index contributed by atoms with van der Waals surface area (Å²) in [5, 5.41) is 15.3. The van der Waals surface area contributed by atoms with Crippen molar-refractivity contribution in [3.63, 3.8) is 0 Å². The monoisotopic (exact) mass is 282 g/mol. The van der Waals surface area contributed by atoms with Gasteiger partial charge in [-0.2, -0.15) is 0 Å². The second kappa shape index (κ2) is 5.37. The van der Waals surface area contributed by atoms with Crippen molar-refractivity contribution in [3.8, 4) is 0 Å². The standard InChI is InChI=1S/C12H11ClN2O2S/c1-7-15-8(6-18-7)5-14-10-4-2-3-9(13)11(10)12(16)17/h2-4,6,14H,5H2,1H3,(H,16,17). The molecule has 0 bridgehead atoms. The lowest BCUT2D eigenvalue weighted by molar-refractivity contribution is 0.0698. The highest BCUT2D eigenvalue weighted by Gasteiger charge is 2.14. The zero-order valence-corrected chi connectivity index (χ0v) is 11.2. The third-order valence-corrected chi connectivity index (χ3v) is 3.49. The number of hydrogen-bond donors (Lipinski definition) is 2. The van der Waals surface area contributed by atoms with Crippen LogP contribution in [-0.4, -0.2) is 16.1 Å². The van der Waals surface area contributed by atoms with Gasteiger partial charge in [-0.1, -0.05) is 17.7 Å². The average Bonchev–Trinajstić information content (AvgIpc) is 2.72. The van der Waals surface area contributed by atoms with Crippen LogP contribution < -0.4 is 5.32 Å². The van der Waals surface area contributed by atoms with Crippen LogP contribution in [0, 0.1) is 6.92 Å². The van der Waals surface area contributed by atoms with E-state index < -0.39 is 5.97 Å². The van der Waals surface area contributed by atoms with E-state index in [2.05, 4.69) is 10.3 Å². The maximum atomic E-state index is 11.1. The number of aryl methyl sites for hydroxylation is 1. The number of rotatable bonds is 4. The molecule has 6 heteroatoms. The first-order chi connectivity index (χ1) is 8.58. The molecule has 0 saturated carbocycles. The fraction of sp³-hybridized carbons (Fsp3) is 0.167. The van der Waals surface area contributed by atoms with Gasteiger partial charge in [-0.25, -0.2) is 9.78 Å². The molecule has 0 fully saturated rings. The van der Waals surface area contributed by atoms with Crippen molar-refractivity contribution in [1.82, 2.24) is 4.98 Å². The van der Waals surface area contributed by atoms with Gasteiger partial charge in [0.2, 0.25) is 0 Å². The maximum Gasteiger partial charge on any atom is 0.339 e. The largest absolute Gasteiger partial charge is 0.478 e. The predicted octanol–water partition coefficient (Wildman–Crippen LogP) is 3.42. The summed E-state index contributed by atoms with van der Waals surface area (Å²) < 4.78 is 0. The number of anilines is 1. The van der Waals surface area contributed by atoms with E-state index in [0.717, 1.165) is 10.7 Å². The number of halogens is 1. The van der Waals surface area contributed by atoms with Crippen molar-refractivity contribution < 1.29 is 9.90 Å². The van der Waals surface area contributed by atoms with Crippen molar-refractivity contribution in [3.05, 3.63) is 44.9 Å². The third-order valence-electron chi connectivity index (χ3n) is 2.35. The number of aromatic nitrogens is 1. The highest BCUT2D eigenvalue weighted by Crippen LogP contribution is 2.24. The van der Waals surface area contributed by atoms with Gasteiger partial charge in [-0.3, -0.25) is 0 Å². The van der Waals surface area contributed by atoms with Crippen LogP contribution in [0.1, 0.15) is 21.1 Å². The Balaban J connectivity index is 2.19. The molecule has 1 heterocycles. The van der Waals surface area contributed by atoms with E-state index in [1.165, 1.54) is 0 Å². The number of aromatic carboxylic acids is 1. The van der Waals surface area contributed by atoms with Gasteiger partial charge in [-0.05, 0) is 19.1 Å². The summed E-state index contributed by atoms with van der Waals surface area (Å²) in [4.78, 5) is 15.4. The van der Waals surface area contributed by atoms with Crippen LogP contribution in [0.3, 0.4) is 0 Å². The number of hydrogen-bond acceptors (Lipinski definition) is 4. The fourth-order valence-corrected chi connectivity index (χ4v) is 2.43. The lowest BCUT2D eigenvalue weighted by atomic mass is 10.1. The number of carbonyl (C=O) groups is 1. The molecule has 0 saturated heterocycles. The number of nitrogens with one attached hydrogen (secondary N) is 1. The Morgan fingerprint density at radius 1 is 1.56 bits per heavy atom. The van der Waals surface area contributed by atoms with E-state index in [0.29, 0.717) is 12.2 Å². The molecule has 2 N–H and O–H groups in total. The minimum Gasteiger partial charge on any atom is -0.478 e. The van der Waals surface area contributed by atoms with Crippen molar-refractivity contribution in [2.75, 3.05) is 5.32 Å². The molecular formula is C12H11ClN2O2S. The Hall–Kier alpha value is -1.59. The number of thiazole rings is 1. The summed E-state index contributed by atoms with van der Waals surface area (Å²) in [6.45, 7) is 2.40. The van der Waals surface area contributed by atoms with Gasteiger partial charge in [-0.15, -0.1) is 11.3 Å². The number of carboxylic acid groups (broad SMARTS) is 1. The van der Waals surface area contributed by atoms with E-state index in [1.807, 2.05) is 12.3 Å². The van der Waals surface area contributed by atoms with E-state index in [-0.39, 0.29) is 10.6 Å². The Kier molecular flexibility index (Phi) is 3.84. The van der Waals surface area contributed by atoms with E-state index in [4.69, 9.17) is 16.7 Å². The molecule has 18 heavy (non-hydrogen) atoms. The molecular weight excluding hydrogens is 272 g/mol. The van der Waals surface area contributed by atoms with Crippen molar-refractivity contribution in [2.24, 2.45) is 0 Å². The summed E-state index contributed by atoms with van der Waals surface area (Å²) >= 11 is 7.44. The quantitative estimate of drug-likeness (QED) is 0.902. The van der Waals surface area contributed by atoms with Gasteiger partial charge in [0.15, 0.2) is 0 Å². The summed E-state index contributed by atoms with van der Waals surface area (Å²) in [5.41, 5.74) is 1.47. The number of carboxylic acids is 1. The van der Waals surface area contributed by atoms with E-state index in [9.17, 15) is 4.79 Å². The Bertz CT molecular complexity index is 583. The zero-order valence-electron chi connectivity index (χ0n) is 9.61. The molecule has 2 aromatic rings. The molecule has 0 aliphatic rings. The van der Waals surface area contributed by atoms with Crippen LogP contribution in [0.4, 0.5) is 5.69 Å². The average molecular weight is 283 g/mol. The van der Waals surface area contributed by atoms with Crippen LogP contribution in [0.15, 0.2) is 23.6 Å². The molecule has 0 aliphatic heterocycles. The van der Waals surface area contributed by atoms with Gasteiger partial charge in [0.1, 0.15) is 5.56 Å². The van der Waals surface area contributed by atoms with E-state index >= 15 is 0 Å². The summed E-state index contributed by atoms with van der Waals surface area (Å²) in [6, 6.07) is 4.96. The Morgan fingerprint density at radius 3 is 2.94 bits per heavy atom. The molecule has 0 radical (unpaired) electrons. The lowest BCUT2D eigenvalue weighted by Crippen LogP contribution is -2.07. The molecule has 0 amide bonds. The van der Waals surface area contributed by atoms with Crippen LogP contribution >= 0.6 is 22.9 Å². The molecule has 2 rings (SSSR count).